The monoisotopic (exact) mass is 399 g/mol. The molecule has 4 rings (SSSR count). The molecule has 1 saturated carbocycles. The number of benzene rings is 1. The lowest BCUT2D eigenvalue weighted by Crippen LogP contribution is -2.35. The number of anilines is 1. The number of fused-ring (bicyclic) bond motifs is 1. The number of rotatable bonds is 4. The van der Waals surface area contributed by atoms with Gasteiger partial charge in [-0.2, -0.15) is 0 Å². The summed E-state index contributed by atoms with van der Waals surface area (Å²) in [6, 6.07) is 5.14. The Balaban J connectivity index is 0.00000196. The number of carbonyl (C=O) groups excluding carboxylic acids is 1. The highest BCUT2D eigenvalue weighted by atomic mass is 35.5. The van der Waals surface area contributed by atoms with E-state index in [1.807, 2.05) is 11.0 Å². The minimum absolute atomic E-state index is 0. The van der Waals surface area contributed by atoms with Crippen molar-refractivity contribution in [1.82, 2.24) is 10.0 Å². The van der Waals surface area contributed by atoms with Gasteiger partial charge in [-0.25, -0.2) is 13.1 Å². The van der Waals surface area contributed by atoms with Crippen molar-refractivity contribution < 1.29 is 13.2 Å². The topological polar surface area (TPSA) is 78.5 Å². The maximum Gasteiger partial charge on any atom is 0.240 e. The Morgan fingerprint density at radius 2 is 2.08 bits per heavy atom. The molecule has 1 unspecified atom stereocenters. The number of amides is 1. The van der Waals surface area contributed by atoms with Gasteiger partial charge < -0.3 is 10.2 Å². The fraction of sp³-hybridized carbons (Fsp3) is 0.611. The van der Waals surface area contributed by atoms with Crippen LogP contribution < -0.4 is 14.9 Å². The van der Waals surface area contributed by atoms with E-state index >= 15 is 0 Å². The highest BCUT2D eigenvalue weighted by Crippen LogP contribution is 2.59. The van der Waals surface area contributed by atoms with Gasteiger partial charge in [0.25, 0.3) is 0 Å². The number of sulfonamides is 1. The second-order valence-corrected chi connectivity index (χ2v) is 9.17. The molecule has 1 atom stereocenters. The van der Waals surface area contributed by atoms with Gasteiger partial charge in [0.1, 0.15) is 0 Å². The second kappa shape index (κ2) is 7.11. The third-order valence-electron chi connectivity index (χ3n) is 5.95. The number of carbonyl (C=O) groups is 1. The van der Waals surface area contributed by atoms with Crippen LogP contribution >= 0.6 is 12.4 Å². The lowest BCUT2D eigenvalue weighted by molar-refractivity contribution is -0.120. The molecule has 1 aromatic rings. The summed E-state index contributed by atoms with van der Waals surface area (Å²) >= 11 is 0. The van der Waals surface area contributed by atoms with Crippen LogP contribution in [0.5, 0.6) is 0 Å². The Hall–Kier alpha value is -1.15. The molecule has 1 amide bonds. The first-order valence-electron chi connectivity index (χ1n) is 9.11. The van der Waals surface area contributed by atoms with E-state index in [0.29, 0.717) is 13.1 Å². The molecule has 3 aliphatic rings. The molecule has 26 heavy (non-hydrogen) atoms. The van der Waals surface area contributed by atoms with E-state index in [-0.39, 0.29) is 34.5 Å². The first-order chi connectivity index (χ1) is 12.0. The van der Waals surface area contributed by atoms with E-state index < -0.39 is 10.0 Å². The molecule has 1 aromatic carbocycles. The van der Waals surface area contributed by atoms with Crippen LogP contribution in [0.4, 0.5) is 5.69 Å². The molecule has 144 valence electrons. The number of nitrogens with zero attached hydrogens (tertiary/aromatic N) is 1. The molecule has 6 nitrogen and oxygen atoms in total. The molecule has 1 spiro atoms. The highest BCUT2D eigenvalue weighted by molar-refractivity contribution is 7.89. The lowest BCUT2D eigenvalue weighted by atomic mass is 9.91. The quantitative estimate of drug-likeness (QED) is 0.807. The Kier molecular flexibility index (Phi) is 5.36. The summed E-state index contributed by atoms with van der Waals surface area (Å²) in [6.07, 6.45) is 3.91. The van der Waals surface area contributed by atoms with Gasteiger partial charge in [-0.3, -0.25) is 4.79 Å². The van der Waals surface area contributed by atoms with Crippen molar-refractivity contribution in [2.75, 3.05) is 31.1 Å². The zero-order chi connectivity index (χ0) is 17.7. The molecule has 2 fully saturated rings. The van der Waals surface area contributed by atoms with E-state index in [0.717, 1.165) is 50.0 Å². The van der Waals surface area contributed by atoms with E-state index in [4.69, 9.17) is 0 Å². The van der Waals surface area contributed by atoms with E-state index in [1.165, 1.54) is 0 Å². The molecular formula is C18H26ClN3O3S. The summed E-state index contributed by atoms with van der Waals surface area (Å²) in [5.41, 5.74) is 2.03. The third-order valence-corrected chi connectivity index (χ3v) is 7.49. The Morgan fingerprint density at radius 1 is 1.35 bits per heavy atom. The number of hydrogen-bond acceptors (Lipinski definition) is 4. The van der Waals surface area contributed by atoms with Gasteiger partial charge >= 0.3 is 0 Å². The van der Waals surface area contributed by atoms with Crippen molar-refractivity contribution >= 4 is 34.0 Å². The Bertz CT molecular complexity index is 806. The second-order valence-electron chi connectivity index (χ2n) is 7.40. The minimum atomic E-state index is -3.51. The van der Waals surface area contributed by atoms with Crippen LogP contribution in [-0.2, 0) is 21.2 Å². The first-order valence-corrected chi connectivity index (χ1v) is 10.6. The van der Waals surface area contributed by atoms with E-state index in [1.54, 1.807) is 19.1 Å². The lowest BCUT2D eigenvalue weighted by Gasteiger charge is -2.25. The zero-order valence-electron chi connectivity index (χ0n) is 15.0. The fourth-order valence-electron chi connectivity index (χ4n) is 4.39. The summed E-state index contributed by atoms with van der Waals surface area (Å²) < 4.78 is 27.1. The van der Waals surface area contributed by atoms with E-state index in [2.05, 4.69) is 10.0 Å². The van der Waals surface area contributed by atoms with Crippen molar-refractivity contribution in [2.45, 2.75) is 37.5 Å². The number of piperidine rings is 1. The van der Waals surface area contributed by atoms with Crippen molar-refractivity contribution in [3.63, 3.8) is 0 Å². The standard InChI is InChI=1S/C18H25N3O3S.ClH/c1-2-20-25(23,24)14-4-3-13-5-10-21(16(13)11-14)17(22)15-12-18(15)6-8-19-9-7-18;/h3-4,11,15,19-20H,2,5-10,12H2,1H3;1H. The third kappa shape index (κ3) is 3.26. The van der Waals surface area contributed by atoms with Crippen LogP contribution in [-0.4, -0.2) is 40.5 Å². The van der Waals surface area contributed by atoms with Gasteiger partial charge in [-0.05, 0) is 61.9 Å². The number of halogens is 1. The SMILES string of the molecule is CCNS(=O)(=O)c1ccc2c(c1)N(C(=O)C1CC13CCNCC3)CC2.Cl. The molecule has 1 aliphatic carbocycles. The molecule has 1 saturated heterocycles. The highest BCUT2D eigenvalue weighted by Gasteiger charge is 2.59. The number of hydrogen-bond donors (Lipinski definition) is 2. The van der Waals surface area contributed by atoms with Crippen LogP contribution in [0.3, 0.4) is 0 Å². The Labute approximate surface area is 161 Å². The van der Waals surface area contributed by atoms with Crippen LogP contribution in [0.15, 0.2) is 23.1 Å². The number of nitrogens with one attached hydrogen (secondary N) is 2. The molecule has 8 heteroatoms. The summed E-state index contributed by atoms with van der Waals surface area (Å²) in [5, 5.41) is 3.36. The van der Waals surface area contributed by atoms with Gasteiger partial charge in [0.2, 0.25) is 15.9 Å². The average Bonchev–Trinajstić information content (AvgIpc) is 3.11. The van der Waals surface area contributed by atoms with Crippen LogP contribution in [0.1, 0.15) is 31.7 Å². The largest absolute Gasteiger partial charge is 0.317 e. The molecule has 0 radical (unpaired) electrons. The first kappa shape index (κ1) is 19.6. The molecule has 2 aliphatic heterocycles. The normalized spacial score (nSPS) is 23.4. The molecule has 2 heterocycles. The van der Waals surface area contributed by atoms with Gasteiger partial charge in [-0.15, -0.1) is 12.4 Å². The summed E-state index contributed by atoms with van der Waals surface area (Å²) in [7, 11) is -3.51. The smallest absolute Gasteiger partial charge is 0.240 e. The summed E-state index contributed by atoms with van der Waals surface area (Å²) in [4.78, 5) is 15.1. The maximum absolute atomic E-state index is 13.1. The minimum Gasteiger partial charge on any atom is -0.317 e. The van der Waals surface area contributed by atoms with Gasteiger partial charge in [0.15, 0.2) is 0 Å². The van der Waals surface area contributed by atoms with Gasteiger partial charge in [0, 0.05) is 24.7 Å². The van der Waals surface area contributed by atoms with Gasteiger partial charge in [0.05, 0.1) is 4.90 Å². The van der Waals surface area contributed by atoms with Crippen LogP contribution in [0, 0.1) is 11.3 Å². The average molecular weight is 400 g/mol. The van der Waals surface area contributed by atoms with Crippen molar-refractivity contribution in [3.8, 4) is 0 Å². The molecular weight excluding hydrogens is 374 g/mol. The van der Waals surface area contributed by atoms with Crippen molar-refractivity contribution in [3.05, 3.63) is 23.8 Å². The Morgan fingerprint density at radius 3 is 2.77 bits per heavy atom. The zero-order valence-corrected chi connectivity index (χ0v) is 16.6. The van der Waals surface area contributed by atoms with Crippen LogP contribution in [0.25, 0.3) is 0 Å². The predicted molar refractivity (Wildman–Crippen MR) is 103 cm³/mol. The van der Waals surface area contributed by atoms with Crippen molar-refractivity contribution in [2.24, 2.45) is 11.3 Å². The summed E-state index contributed by atoms with van der Waals surface area (Å²) in [6.45, 7) is 4.74. The fourth-order valence-corrected chi connectivity index (χ4v) is 5.45. The molecule has 0 bridgehead atoms. The van der Waals surface area contributed by atoms with Crippen molar-refractivity contribution in [1.29, 1.82) is 0 Å². The maximum atomic E-state index is 13.1. The van der Waals surface area contributed by atoms with Gasteiger partial charge in [-0.1, -0.05) is 13.0 Å². The predicted octanol–water partition coefficient (Wildman–Crippen LogP) is 1.69. The van der Waals surface area contributed by atoms with Crippen LogP contribution in [0.2, 0.25) is 0 Å². The molecule has 2 N–H and O–H groups in total. The summed E-state index contributed by atoms with van der Waals surface area (Å²) in [5.74, 6) is 0.285. The van der Waals surface area contributed by atoms with E-state index in [9.17, 15) is 13.2 Å². The molecule has 0 aromatic heterocycles.